The van der Waals surface area contributed by atoms with Crippen molar-refractivity contribution in [2.24, 2.45) is 23.2 Å². The minimum atomic E-state index is 0.549. The molecule has 0 bridgehead atoms. The Hall–Kier alpha value is 0.0649. The van der Waals surface area contributed by atoms with Crippen LogP contribution in [0.3, 0.4) is 0 Å². The first-order chi connectivity index (χ1) is 5.48. The van der Waals surface area contributed by atoms with Gasteiger partial charge >= 0.3 is 0 Å². The molecule has 2 aliphatic carbocycles. The minimum Gasteiger partial charge on any atom is -0.0662 e. The predicted octanol–water partition coefficient (Wildman–Crippen LogP) is 2.50. The lowest BCUT2D eigenvalue weighted by Gasteiger charge is -2.38. The fraction of sp³-hybridized carbons (Fsp3) is 1.00. The number of hydrogen-bond acceptors (Lipinski definition) is 0. The van der Waals surface area contributed by atoms with Crippen LogP contribution in [0.4, 0.5) is 0 Å². The molecular formula is C11H21B. The predicted molar refractivity (Wildman–Crippen MR) is 56.1 cm³/mol. The van der Waals surface area contributed by atoms with Gasteiger partial charge in [-0.05, 0) is 36.0 Å². The second-order valence-corrected chi connectivity index (χ2v) is 6.18. The maximum Gasteiger partial charge on any atom is 0.105 e. The van der Waals surface area contributed by atoms with E-state index in [2.05, 4.69) is 28.6 Å². The summed E-state index contributed by atoms with van der Waals surface area (Å²) in [6.07, 6.45) is 4.60. The van der Waals surface area contributed by atoms with E-state index in [9.17, 15) is 0 Å². The summed E-state index contributed by atoms with van der Waals surface area (Å²) in [7, 11) is 2.46. The van der Waals surface area contributed by atoms with Gasteiger partial charge in [0.15, 0.2) is 0 Å². The molecule has 0 spiro atoms. The molecule has 0 aromatic rings. The monoisotopic (exact) mass is 164 g/mol. The molecule has 4 atom stereocenters. The first kappa shape index (κ1) is 8.65. The van der Waals surface area contributed by atoms with E-state index in [0.29, 0.717) is 5.41 Å². The van der Waals surface area contributed by atoms with E-state index in [-0.39, 0.29) is 0 Å². The van der Waals surface area contributed by atoms with Crippen LogP contribution in [0.25, 0.3) is 0 Å². The molecule has 0 aromatic carbocycles. The summed E-state index contributed by atoms with van der Waals surface area (Å²) in [5.41, 5.74) is 0.549. The van der Waals surface area contributed by atoms with E-state index in [1.807, 2.05) is 0 Å². The van der Waals surface area contributed by atoms with Crippen molar-refractivity contribution >= 4 is 7.85 Å². The summed E-state index contributed by atoms with van der Waals surface area (Å²) in [4.78, 5) is 0. The van der Waals surface area contributed by atoms with Gasteiger partial charge in [0, 0.05) is 0 Å². The van der Waals surface area contributed by atoms with Gasteiger partial charge in [-0.1, -0.05) is 33.0 Å². The fourth-order valence-corrected chi connectivity index (χ4v) is 3.30. The topological polar surface area (TPSA) is 0 Å². The standard InChI is InChI=1S/C11H21B/c1-11(2,3)9-5-7-4-8(7)6-10(9)12/h7-10H,4-6,12H2,1-3H3. The third-order valence-corrected chi connectivity index (χ3v) is 4.10. The van der Waals surface area contributed by atoms with Gasteiger partial charge in [-0.25, -0.2) is 0 Å². The second kappa shape index (κ2) is 2.53. The SMILES string of the molecule is BC1CC2CC2CC1C(C)(C)C. The van der Waals surface area contributed by atoms with Gasteiger partial charge in [-0.2, -0.15) is 0 Å². The highest BCUT2D eigenvalue weighted by Crippen LogP contribution is 2.58. The Labute approximate surface area is 77.5 Å². The maximum absolute atomic E-state index is 2.46. The van der Waals surface area contributed by atoms with Crippen LogP contribution in [0, 0.1) is 23.2 Å². The minimum absolute atomic E-state index is 0.549. The number of rotatable bonds is 0. The van der Waals surface area contributed by atoms with Crippen LogP contribution in [0.1, 0.15) is 40.0 Å². The lowest BCUT2D eigenvalue weighted by molar-refractivity contribution is 0.174. The van der Waals surface area contributed by atoms with Crippen LogP contribution in [0.15, 0.2) is 0 Å². The molecule has 0 amide bonds. The Bertz CT molecular complexity index is 180. The number of hydrogen-bond donors (Lipinski definition) is 0. The zero-order chi connectivity index (χ0) is 8.93. The fourth-order valence-electron chi connectivity index (χ4n) is 3.30. The Morgan fingerprint density at radius 2 is 1.58 bits per heavy atom. The van der Waals surface area contributed by atoms with Crippen molar-refractivity contribution in [3.63, 3.8) is 0 Å². The lowest BCUT2D eigenvalue weighted by atomic mass is 9.59. The van der Waals surface area contributed by atoms with E-state index in [0.717, 1.165) is 23.6 Å². The molecule has 4 unspecified atom stereocenters. The highest BCUT2D eigenvalue weighted by molar-refractivity contribution is 6.12. The molecule has 12 heavy (non-hydrogen) atoms. The third kappa shape index (κ3) is 1.43. The van der Waals surface area contributed by atoms with Crippen molar-refractivity contribution in [1.29, 1.82) is 0 Å². The first-order valence-electron chi connectivity index (χ1n) is 5.48. The zero-order valence-corrected chi connectivity index (χ0v) is 8.93. The van der Waals surface area contributed by atoms with Crippen LogP contribution in [-0.4, -0.2) is 7.85 Å². The van der Waals surface area contributed by atoms with E-state index in [1.54, 1.807) is 6.42 Å². The van der Waals surface area contributed by atoms with E-state index < -0.39 is 0 Å². The molecule has 2 fully saturated rings. The van der Waals surface area contributed by atoms with Gasteiger partial charge in [0.2, 0.25) is 0 Å². The van der Waals surface area contributed by atoms with E-state index >= 15 is 0 Å². The quantitative estimate of drug-likeness (QED) is 0.482. The molecule has 2 rings (SSSR count). The highest BCUT2D eigenvalue weighted by Gasteiger charge is 2.47. The highest BCUT2D eigenvalue weighted by atomic mass is 14.5. The Morgan fingerprint density at radius 3 is 2.17 bits per heavy atom. The number of fused-ring (bicyclic) bond motifs is 1. The van der Waals surface area contributed by atoms with Crippen molar-refractivity contribution in [2.75, 3.05) is 0 Å². The Morgan fingerprint density at radius 1 is 1.00 bits per heavy atom. The Kier molecular flexibility index (Phi) is 1.82. The molecule has 0 N–H and O–H groups in total. The van der Waals surface area contributed by atoms with Crippen molar-refractivity contribution in [3.8, 4) is 0 Å². The summed E-state index contributed by atoms with van der Waals surface area (Å²) in [6, 6.07) is 0. The Balaban J connectivity index is 2.04. The molecule has 68 valence electrons. The van der Waals surface area contributed by atoms with Crippen LogP contribution in [0.5, 0.6) is 0 Å². The molecule has 0 aromatic heterocycles. The molecule has 0 radical (unpaired) electrons. The van der Waals surface area contributed by atoms with Crippen LogP contribution < -0.4 is 0 Å². The van der Waals surface area contributed by atoms with Gasteiger partial charge in [0.25, 0.3) is 0 Å². The summed E-state index contributed by atoms with van der Waals surface area (Å²) in [6.45, 7) is 7.24. The second-order valence-electron chi connectivity index (χ2n) is 6.18. The third-order valence-electron chi connectivity index (χ3n) is 4.10. The van der Waals surface area contributed by atoms with Crippen molar-refractivity contribution in [1.82, 2.24) is 0 Å². The average molecular weight is 164 g/mol. The van der Waals surface area contributed by atoms with Crippen molar-refractivity contribution < 1.29 is 0 Å². The van der Waals surface area contributed by atoms with Crippen LogP contribution >= 0.6 is 0 Å². The molecule has 0 nitrogen and oxygen atoms in total. The molecule has 0 saturated heterocycles. The molecular weight excluding hydrogens is 143 g/mol. The molecule has 0 heterocycles. The van der Waals surface area contributed by atoms with Gasteiger partial charge < -0.3 is 0 Å². The van der Waals surface area contributed by atoms with Gasteiger partial charge in [-0.15, -0.1) is 0 Å². The molecule has 0 aliphatic heterocycles. The zero-order valence-electron chi connectivity index (χ0n) is 8.93. The van der Waals surface area contributed by atoms with Gasteiger partial charge in [0.05, 0.1) is 0 Å². The van der Waals surface area contributed by atoms with Crippen LogP contribution in [0.2, 0.25) is 5.82 Å². The van der Waals surface area contributed by atoms with Crippen molar-refractivity contribution in [3.05, 3.63) is 0 Å². The smallest absolute Gasteiger partial charge is 0.0662 e. The summed E-state index contributed by atoms with van der Waals surface area (Å²) in [5.74, 6) is 4.24. The summed E-state index contributed by atoms with van der Waals surface area (Å²) >= 11 is 0. The van der Waals surface area contributed by atoms with Gasteiger partial charge in [0.1, 0.15) is 7.85 Å². The van der Waals surface area contributed by atoms with Gasteiger partial charge in [-0.3, -0.25) is 0 Å². The van der Waals surface area contributed by atoms with Crippen molar-refractivity contribution in [2.45, 2.75) is 45.9 Å². The summed E-state index contributed by atoms with van der Waals surface area (Å²) in [5, 5.41) is 0. The van der Waals surface area contributed by atoms with E-state index in [4.69, 9.17) is 0 Å². The molecule has 2 saturated carbocycles. The maximum atomic E-state index is 2.46. The first-order valence-corrected chi connectivity index (χ1v) is 5.48. The summed E-state index contributed by atoms with van der Waals surface area (Å²) < 4.78 is 0. The lowest BCUT2D eigenvalue weighted by Crippen LogP contribution is -2.28. The average Bonchev–Trinajstić information content (AvgIpc) is 2.61. The van der Waals surface area contributed by atoms with E-state index in [1.165, 1.54) is 12.8 Å². The van der Waals surface area contributed by atoms with Crippen LogP contribution in [-0.2, 0) is 0 Å². The molecule has 1 heteroatoms. The molecule has 2 aliphatic rings. The normalized spacial score (nSPS) is 46.9. The largest absolute Gasteiger partial charge is 0.105 e.